The van der Waals surface area contributed by atoms with Crippen molar-refractivity contribution in [2.45, 2.75) is 88.2 Å². The van der Waals surface area contributed by atoms with Gasteiger partial charge in [0.25, 0.3) is 5.91 Å². The molecule has 192 valence electrons. The van der Waals surface area contributed by atoms with Crippen molar-refractivity contribution in [1.29, 1.82) is 0 Å². The lowest BCUT2D eigenvalue weighted by Crippen LogP contribution is -2.62. The van der Waals surface area contributed by atoms with Gasteiger partial charge in [0.1, 0.15) is 23.8 Å². The number of piperidine rings is 1. The van der Waals surface area contributed by atoms with E-state index in [1.54, 1.807) is 9.80 Å². The highest BCUT2D eigenvalue weighted by Gasteiger charge is 2.40. The van der Waals surface area contributed by atoms with E-state index >= 15 is 0 Å². The molecule has 9 heteroatoms. The number of nitrogens with zero attached hydrogens (tertiary/aromatic N) is 2. The lowest BCUT2D eigenvalue weighted by atomic mass is 9.93. The van der Waals surface area contributed by atoms with Crippen molar-refractivity contribution in [3.05, 3.63) is 35.4 Å². The number of carbonyl (C=O) groups excluding carboxylic acids is 1. The topological polar surface area (TPSA) is 104 Å². The van der Waals surface area contributed by atoms with Crippen LogP contribution in [0.25, 0.3) is 0 Å². The number of amides is 1. The molecular formula is C25H38F2N2O5. The molecule has 4 atom stereocenters. The minimum atomic E-state index is -1.26. The van der Waals surface area contributed by atoms with Gasteiger partial charge in [-0.15, -0.1) is 0 Å². The summed E-state index contributed by atoms with van der Waals surface area (Å²) in [6.07, 6.45) is 4.69. The number of aliphatic hydroxyl groups excluding tert-OH is 4. The molecule has 1 saturated heterocycles. The van der Waals surface area contributed by atoms with Crippen LogP contribution in [0.1, 0.15) is 68.1 Å². The molecule has 1 amide bonds. The van der Waals surface area contributed by atoms with Gasteiger partial charge in [-0.1, -0.05) is 32.1 Å². The Balaban J connectivity index is 1.50. The SMILES string of the molecule is O=C(c1ccc(F)cc1F)N(CCCCCCN1C[C@H](O)[C@@H](O)[C@H](O)[C@H]1CO)C1CCCCC1. The van der Waals surface area contributed by atoms with Crippen molar-refractivity contribution in [1.82, 2.24) is 9.80 Å². The number of β-amino-alcohol motifs (C(OH)–C–C–N with tert-alkyl or cyclic N) is 1. The predicted octanol–water partition coefficient (Wildman–Crippen LogP) is 2.06. The number of carbonyl (C=O) groups is 1. The van der Waals surface area contributed by atoms with Crippen LogP contribution in [0.5, 0.6) is 0 Å². The Bertz CT molecular complexity index is 793. The van der Waals surface area contributed by atoms with E-state index in [9.17, 15) is 34.0 Å². The average Bonchev–Trinajstić information content (AvgIpc) is 2.82. The van der Waals surface area contributed by atoms with E-state index in [0.717, 1.165) is 69.9 Å². The first-order valence-electron chi connectivity index (χ1n) is 12.5. The summed E-state index contributed by atoms with van der Waals surface area (Å²) in [6.45, 7) is 0.963. The van der Waals surface area contributed by atoms with Crippen LogP contribution in [0.2, 0.25) is 0 Å². The first-order chi connectivity index (χ1) is 16.3. The molecule has 0 radical (unpaired) electrons. The molecule has 1 aromatic carbocycles. The van der Waals surface area contributed by atoms with Gasteiger partial charge < -0.3 is 25.3 Å². The molecule has 4 N–H and O–H groups in total. The highest BCUT2D eigenvalue weighted by molar-refractivity contribution is 5.94. The van der Waals surface area contributed by atoms with Crippen LogP contribution >= 0.6 is 0 Å². The van der Waals surface area contributed by atoms with Gasteiger partial charge >= 0.3 is 0 Å². The summed E-state index contributed by atoms with van der Waals surface area (Å²) < 4.78 is 27.6. The van der Waals surface area contributed by atoms with Crippen LogP contribution in [0, 0.1) is 11.6 Å². The van der Waals surface area contributed by atoms with E-state index in [2.05, 4.69) is 0 Å². The summed E-state index contributed by atoms with van der Waals surface area (Å²) in [4.78, 5) is 16.7. The van der Waals surface area contributed by atoms with E-state index < -0.39 is 36.0 Å². The Kier molecular flexibility index (Phi) is 10.2. The van der Waals surface area contributed by atoms with Crippen LogP contribution in [-0.2, 0) is 0 Å². The molecule has 0 spiro atoms. The van der Waals surface area contributed by atoms with E-state index in [1.807, 2.05) is 0 Å². The molecule has 0 bridgehead atoms. The van der Waals surface area contributed by atoms with Gasteiger partial charge in [-0.3, -0.25) is 9.69 Å². The molecule has 34 heavy (non-hydrogen) atoms. The number of rotatable bonds is 10. The van der Waals surface area contributed by atoms with Crippen molar-refractivity contribution in [2.75, 3.05) is 26.2 Å². The van der Waals surface area contributed by atoms with Crippen molar-refractivity contribution >= 4 is 5.91 Å². The lowest BCUT2D eigenvalue weighted by Gasteiger charge is -2.43. The molecule has 1 aliphatic heterocycles. The summed E-state index contributed by atoms with van der Waals surface area (Å²) >= 11 is 0. The smallest absolute Gasteiger partial charge is 0.257 e. The number of hydrogen-bond donors (Lipinski definition) is 4. The predicted molar refractivity (Wildman–Crippen MR) is 123 cm³/mol. The Morgan fingerprint density at radius 3 is 2.38 bits per heavy atom. The van der Waals surface area contributed by atoms with Crippen LogP contribution in [0.3, 0.4) is 0 Å². The maximum atomic E-state index is 14.3. The second-order valence-corrected chi connectivity index (χ2v) is 9.62. The summed E-state index contributed by atoms with van der Waals surface area (Å²) in [5.74, 6) is -1.92. The summed E-state index contributed by atoms with van der Waals surface area (Å²) in [6, 6.07) is 2.54. The summed E-state index contributed by atoms with van der Waals surface area (Å²) in [7, 11) is 0. The molecule has 3 rings (SSSR count). The third-order valence-electron chi connectivity index (χ3n) is 7.25. The van der Waals surface area contributed by atoms with Crippen molar-refractivity contribution in [3.8, 4) is 0 Å². The largest absolute Gasteiger partial charge is 0.395 e. The third-order valence-corrected chi connectivity index (χ3v) is 7.25. The maximum absolute atomic E-state index is 14.3. The van der Waals surface area contributed by atoms with E-state index in [-0.39, 0.29) is 30.7 Å². The molecule has 1 aliphatic carbocycles. The zero-order valence-electron chi connectivity index (χ0n) is 19.7. The number of hydrogen-bond acceptors (Lipinski definition) is 6. The highest BCUT2D eigenvalue weighted by Crippen LogP contribution is 2.26. The van der Waals surface area contributed by atoms with Crippen molar-refractivity contribution in [2.24, 2.45) is 0 Å². The van der Waals surface area contributed by atoms with Gasteiger partial charge in [-0.2, -0.15) is 0 Å². The normalized spacial score (nSPS) is 26.5. The van der Waals surface area contributed by atoms with Crippen molar-refractivity contribution < 1.29 is 34.0 Å². The number of likely N-dealkylation sites (tertiary alicyclic amines) is 1. The fourth-order valence-electron chi connectivity index (χ4n) is 5.25. The number of aliphatic hydroxyl groups is 4. The minimum Gasteiger partial charge on any atom is -0.395 e. The Labute approximate surface area is 200 Å². The van der Waals surface area contributed by atoms with E-state index in [0.29, 0.717) is 13.1 Å². The lowest BCUT2D eigenvalue weighted by molar-refractivity contribution is -0.145. The zero-order valence-corrected chi connectivity index (χ0v) is 19.7. The fraction of sp³-hybridized carbons (Fsp3) is 0.720. The second-order valence-electron chi connectivity index (χ2n) is 9.62. The maximum Gasteiger partial charge on any atom is 0.257 e. The van der Waals surface area contributed by atoms with E-state index in [1.165, 1.54) is 6.07 Å². The zero-order chi connectivity index (χ0) is 24.7. The molecule has 1 aromatic rings. The molecule has 2 fully saturated rings. The fourth-order valence-corrected chi connectivity index (χ4v) is 5.25. The molecule has 2 aliphatic rings. The molecular weight excluding hydrogens is 446 g/mol. The first kappa shape index (κ1) is 26.9. The third kappa shape index (κ3) is 6.73. The minimum absolute atomic E-state index is 0.0683. The molecule has 0 unspecified atom stereocenters. The van der Waals surface area contributed by atoms with Gasteiger partial charge in [0.15, 0.2) is 0 Å². The quantitative estimate of drug-likeness (QED) is 0.379. The number of benzene rings is 1. The molecule has 1 heterocycles. The number of halogens is 2. The highest BCUT2D eigenvalue weighted by atomic mass is 19.1. The van der Waals surface area contributed by atoms with Gasteiger partial charge in [0, 0.05) is 25.2 Å². The first-order valence-corrected chi connectivity index (χ1v) is 12.5. The van der Waals surface area contributed by atoms with Crippen molar-refractivity contribution in [3.63, 3.8) is 0 Å². The van der Waals surface area contributed by atoms with E-state index in [4.69, 9.17) is 0 Å². The summed E-state index contributed by atoms with van der Waals surface area (Å²) in [5.41, 5.74) is -0.0913. The Morgan fingerprint density at radius 1 is 1.00 bits per heavy atom. The summed E-state index contributed by atoms with van der Waals surface area (Å²) in [5, 5.41) is 39.4. The standard InChI is InChI=1S/C25H38F2N2O5/c26-17-10-11-19(20(27)14-17)25(34)29(18-8-4-3-5-9-18)13-7-2-1-6-12-28-15-22(31)24(33)23(32)21(28)16-30/h10-11,14,18,21-24,30-33H,1-9,12-13,15-16H2/t21-,22+,23-,24-/m1/s1. The van der Waals surface area contributed by atoms with Gasteiger partial charge in [0.2, 0.25) is 0 Å². The second kappa shape index (κ2) is 12.9. The van der Waals surface area contributed by atoms with Crippen LogP contribution in [0.4, 0.5) is 8.78 Å². The van der Waals surface area contributed by atoms with Crippen LogP contribution in [-0.4, -0.2) is 92.8 Å². The molecule has 7 nitrogen and oxygen atoms in total. The van der Waals surface area contributed by atoms with Crippen LogP contribution < -0.4 is 0 Å². The van der Waals surface area contributed by atoms with Gasteiger partial charge in [-0.05, 0) is 44.4 Å². The Hall–Kier alpha value is -1.65. The monoisotopic (exact) mass is 484 g/mol. The molecule has 1 saturated carbocycles. The van der Waals surface area contributed by atoms with Gasteiger partial charge in [-0.25, -0.2) is 8.78 Å². The number of unbranched alkanes of at least 4 members (excludes halogenated alkanes) is 3. The van der Waals surface area contributed by atoms with Crippen LogP contribution in [0.15, 0.2) is 18.2 Å². The average molecular weight is 485 g/mol. The molecule has 0 aromatic heterocycles. The Morgan fingerprint density at radius 2 is 1.71 bits per heavy atom. The van der Waals surface area contributed by atoms with Gasteiger partial charge in [0.05, 0.1) is 24.3 Å².